The molecule has 102 valence electrons. The van der Waals surface area contributed by atoms with E-state index in [9.17, 15) is 0 Å². The summed E-state index contributed by atoms with van der Waals surface area (Å²) in [5.74, 6) is 0. The number of rotatable bonds is 10. The molecule has 1 fully saturated rings. The maximum Gasteiger partial charge on any atom is 0.0594 e. The lowest BCUT2D eigenvalue weighted by atomic mass is 9.98. The SMILES string of the molecule is CCCCOCCNCCOC1CCCCC1. The van der Waals surface area contributed by atoms with Crippen molar-refractivity contribution in [2.45, 2.75) is 58.0 Å². The normalized spacial score (nSPS) is 17.5. The summed E-state index contributed by atoms with van der Waals surface area (Å²) in [6, 6.07) is 0. The van der Waals surface area contributed by atoms with Crippen LogP contribution in [0.4, 0.5) is 0 Å². The summed E-state index contributed by atoms with van der Waals surface area (Å²) >= 11 is 0. The van der Waals surface area contributed by atoms with E-state index < -0.39 is 0 Å². The average Bonchev–Trinajstić information content (AvgIpc) is 2.38. The number of nitrogens with one attached hydrogen (secondary N) is 1. The molecule has 0 atom stereocenters. The van der Waals surface area contributed by atoms with Crippen LogP contribution in [0.2, 0.25) is 0 Å². The maximum atomic E-state index is 5.82. The molecule has 3 heteroatoms. The third kappa shape index (κ3) is 8.58. The third-order valence-corrected chi connectivity index (χ3v) is 3.25. The molecule has 0 saturated heterocycles. The molecule has 0 bridgehead atoms. The van der Waals surface area contributed by atoms with E-state index in [4.69, 9.17) is 9.47 Å². The summed E-state index contributed by atoms with van der Waals surface area (Å²) in [6.07, 6.45) is 9.54. The predicted molar refractivity (Wildman–Crippen MR) is 71.4 cm³/mol. The van der Waals surface area contributed by atoms with Crippen LogP contribution >= 0.6 is 0 Å². The Morgan fingerprint density at radius 1 is 1.00 bits per heavy atom. The van der Waals surface area contributed by atoms with Crippen molar-refractivity contribution in [2.75, 3.05) is 32.9 Å². The van der Waals surface area contributed by atoms with Crippen molar-refractivity contribution < 1.29 is 9.47 Å². The molecule has 1 aliphatic rings. The molecule has 1 N–H and O–H groups in total. The first-order valence-corrected chi connectivity index (χ1v) is 7.33. The minimum atomic E-state index is 0.534. The smallest absolute Gasteiger partial charge is 0.0594 e. The fourth-order valence-corrected chi connectivity index (χ4v) is 2.15. The van der Waals surface area contributed by atoms with E-state index >= 15 is 0 Å². The maximum absolute atomic E-state index is 5.82. The largest absolute Gasteiger partial charge is 0.380 e. The Morgan fingerprint density at radius 2 is 1.76 bits per heavy atom. The Labute approximate surface area is 106 Å². The van der Waals surface area contributed by atoms with Crippen LogP contribution in [0, 0.1) is 0 Å². The van der Waals surface area contributed by atoms with E-state index in [1.165, 1.54) is 44.9 Å². The quantitative estimate of drug-likeness (QED) is 0.598. The Bertz CT molecular complexity index is 158. The lowest BCUT2D eigenvalue weighted by molar-refractivity contribution is 0.0295. The van der Waals surface area contributed by atoms with E-state index in [-0.39, 0.29) is 0 Å². The highest BCUT2D eigenvalue weighted by atomic mass is 16.5. The molecule has 3 nitrogen and oxygen atoms in total. The fraction of sp³-hybridized carbons (Fsp3) is 1.00. The van der Waals surface area contributed by atoms with Crippen LogP contribution in [-0.4, -0.2) is 39.0 Å². The van der Waals surface area contributed by atoms with Gasteiger partial charge in [0.05, 0.1) is 19.3 Å². The highest BCUT2D eigenvalue weighted by Crippen LogP contribution is 2.19. The highest BCUT2D eigenvalue weighted by Gasteiger charge is 2.12. The van der Waals surface area contributed by atoms with E-state index in [2.05, 4.69) is 12.2 Å². The van der Waals surface area contributed by atoms with Gasteiger partial charge in [0, 0.05) is 19.7 Å². The van der Waals surface area contributed by atoms with Crippen LogP contribution in [0.25, 0.3) is 0 Å². The van der Waals surface area contributed by atoms with Gasteiger partial charge in [0.25, 0.3) is 0 Å². The van der Waals surface area contributed by atoms with Crippen molar-refractivity contribution in [1.82, 2.24) is 5.32 Å². The lowest BCUT2D eigenvalue weighted by Gasteiger charge is -2.22. The number of hydrogen-bond acceptors (Lipinski definition) is 3. The molecule has 0 aliphatic heterocycles. The Kier molecular flexibility index (Phi) is 9.66. The monoisotopic (exact) mass is 243 g/mol. The first-order chi connectivity index (χ1) is 8.43. The van der Waals surface area contributed by atoms with Crippen molar-refractivity contribution in [1.29, 1.82) is 0 Å². The molecule has 1 rings (SSSR count). The second-order valence-corrected chi connectivity index (χ2v) is 4.85. The van der Waals surface area contributed by atoms with Crippen LogP contribution in [0.3, 0.4) is 0 Å². The van der Waals surface area contributed by atoms with E-state index in [1.54, 1.807) is 0 Å². The van der Waals surface area contributed by atoms with Crippen molar-refractivity contribution in [3.63, 3.8) is 0 Å². The molecule has 0 radical (unpaired) electrons. The van der Waals surface area contributed by atoms with Gasteiger partial charge < -0.3 is 14.8 Å². The van der Waals surface area contributed by atoms with Crippen LogP contribution in [-0.2, 0) is 9.47 Å². The van der Waals surface area contributed by atoms with Crippen molar-refractivity contribution >= 4 is 0 Å². The number of unbranched alkanes of at least 4 members (excludes halogenated alkanes) is 1. The van der Waals surface area contributed by atoms with Crippen molar-refractivity contribution in [2.24, 2.45) is 0 Å². The predicted octanol–water partition coefficient (Wildman–Crippen LogP) is 2.74. The fourth-order valence-electron chi connectivity index (χ4n) is 2.15. The zero-order valence-electron chi connectivity index (χ0n) is 11.4. The Balaban J connectivity index is 1.75. The van der Waals surface area contributed by atoms with Crippen LogP contribution in [0.15, 0.2) is 0 Å². The molecule has 0 aromatic carbocycles. The first-order valence-electron chi connectivity index (χ1n) is 7.33. The summed E-state index contributed by atoms with van der Waals surface area (Å²) in [5.41, 5.74) is 0. The van der Waals surface area contributed by atoms with Gasteiger partial charge in [-0.1, -0.05) is 32.6 Å². The van der Waals surface area contributed by atoms with Gasteiger partial charge in [0.15, 0.2) is 0 Å². The number of ether oxygens (including phenoxy) is 2. The number of hydrogen-bond donors (Lipinski definition) is 1. The molecule has 0 heterocycles. The van der Waals surface area contributed by atoms with Crippen LogP contribution in [0.5, 0.6) is 0 Å². The average molecular weight is 243 g/mol. The summed E-state index contributed by atoms with van der Waals surface area (Å²) in [7, 11) is 0. The molecule has 17 heavy (non-hydrogen) atoms. The summed E-state index contributed by atoms with van der Waals surface area (Å²) in [6.45, 7) is 6.65. The van der Waals surface area contributed by atoms with Gasteiger partial charge in [-0.3, -0.25) is 0 Å². The van der Waals surface area contributed by atoms with Gasteiger partial charge in [0.1, 0.15) is 0 Å². The molecule has 0 aromatic rings. The van der Waals surface area contributed by atoms with Gasteiger partial charge in [-0.15, -0.1) is 0 Å². The van der Waals surface area contributed by atoms with Crippen LogP contribution < -0.4 is 5.32 Å². The zero-order chi connectivity index (χ0) is 12.2. The summed E-state index contributed by atoms with van der Waals surface area (Å²) in [4.78, 5) is 0. The minimum Gasteiger partial charge on any atom is -0.380 e. The molecular weight excluding hydrogens is 214 g/mol. The molecular formula is C14H29NO2. The van der Waals surface area contributed by atoms with E-state index in [0.717, 1.165) is 32.9 Å². The topological polar surface area (TPSA) is 30.5 Å². The first kappa shape index (κ1) is 14.9. The van der Waals surface area contributed by atoms with Crippen molar-refractivity contribution in [3.8, 4) is 0 Å². The highest BCUT2D eigenvalue weighted by molar-refractivity contribution is 4.65. The van der Waals surface area contributed by atoms with Gasteiger partial charge in [0.2, 0.25) is 0 Å². The van der Waals surface area contributed by atoms with Gasteiger partial charge in [-0.05, 0) is 19.3 Å². The van der Waals surface area contributed by atoms with Gasteiger partial charge in [-0.25, -0.2) is 0 Å². The molecule has 0 aromatic heterocycles. The molecule has 0 amide bonds. The Morgan fingerprint density at radius 3 is 2.53 bits per heavy atom. The second-order valence-electron chi connectivity index (χ2n) is 4.85. The molecule has 0 spiro atoms. The van der Waals surface area contributed by atoms with Gasteiger partial charge in [-0.2, -0.15) is 0 Å². The van der Waals surface area contributed by atoms with E-state index in [0.29, 0.717) is 6.10 Å². The minimum absolute atomic E-state index is 0.534. The second kappa shape index (κ2) is 11.0. The standard InChI is InChI=1S/C14H29NO2/c1-2-3-11-16-12-9-15-10-13-17-14-7-5-4-6-8-14/h14-15H,2-13H2,1H3. The zero-order valence-corrected chi connectivity index (χ0v) is 11.4. The molecule has 0 unspecified atom stereocenters. The van der Waals surface area contributed by atoms with Crippen LogP contribution in [0.1, 0.15) is 51.9 Å². The lowest BCUT2D eigenvalue weighted by Crippen LogP contribution is -2.27. The third-order valence-electron chi connectivity index (χ3n) is 3.25. The molecule has 1 aliphatic carbocycles. The van der Waals surface area contributed by atoms with Crippen molar-refractivity contribution in [3.05, 3.63) is 0 Å². The summed E-state index contributed by atoms with van der Waals surface area (Å²) in [5, 5.41) is 3.35. The van der Waals surface area contributed by atoms with Gasteiger partial charge >= 0.3 is 0 Å². The molecule has 1 saturated carbocycles. The summed E-state index contributed by atoms with van der Waals surface area (Å²) < 4.78 is 11.3. The van der Waals surface area contributed by atoms with E-state index in [1.807, 2.05) is 0 Å². The Hall–Kier alpha value is -0.120.